The molecule has 1 aromatic rings. The van der Waals surface area contributed by atoms with Crippen molar-refractivity contribution in [1.82, 2.24) is 20.0 Å². The van der Waals surface area contributed by atoms with Crippen LogP contribution in [0.3, 0.4) is 0 Å². The summed E-state index contributed by atoms with van der Waals surface area (Å²) in [5.41, 5.74) is -0.216. The molecule has 1 N–H and O–H groups in total. The Balaban J connectivity index is 2.24. The molecular weight excluding hydrogens is 644 g/mol. The minimum absolute atomic E-state index is 0.140. The lowest BCUT2D eigenvalue weighted by Gasteiger charge is -2.35. The van der Waals surface area contributed by atoms with Crippen LogP contribution in [-0.2, 0) is 44.5 Å². The molecule has 13 nitrogen and oxygen atoms in total. The van der Waals surface area contributed by atoms with Crippen molar-refractivity contribution in [3.05, 3.63) is 29.8 Å². The van der Waals surface area contributed by atoms with Gasteiger partial charge in [0.15, 0.2) is 0 Å². The van der Waals surface area contributed by atoms with Crippen molar-refractivity contribution >= 4 is 17.9 Å². The van der Waals surface area contributed by atoms with Gasteiger partial charge in [-0.1, -0.05) is 12.1 Å². The standard InChI is InChI=1S/C37H64N4O9/c1-9-45-23-24-46-25-26-48-31-13-11-30(12-14-31)27-32(35(44)47-10-2)41-21-19-39(28-33(42)49-36(3,4)5)17-15-38-16-18-40(20-22-41)29-34(43)50-37(6,7)8/h11-14,32,38H,9-10,15-29H2,1-8H3/t32-/m1/s1. The number of carbonyl (C=O) groups excluding carboxylic acids is 3. The number of carbonyl (C=O) groups is 3. The maximum atomic E-state index is 13.6. The summed E-state index contributed by atoms with van der Waals surface area (Å²) in [5, 5.41) is 3.44. The Bertz CT molecular complexity index is 1080. The van der Waals surface area contributed by atoms with Gasteiger partial charge < -0.3 is 33.7 Å². The summed E-state index contributed by atoms with van der Waals surface area (Å²) in [6.45, 7) is 22.6. The average Bonchev–Trinajstić information content (AvgIpc) is 3.01. The Morgan fingerprint density at radius 3 is 1.72 bits per heavy atom. The summed E-state index contributed by atoms with van der Waals surface area (Å²) >= 11 is 0. The summed E-state index contributed by atoms with van der Waals surface area (Å²) in [6, 6.07) is 7.12. The highest BCUT2D eigenvalue weighted by molar-refractivity contribution is 5.76. The van der Waals surface area contributed by atoms with Crippen LogP contribution in [0.2, 0.25) is 0 Å². The third-order valence-corrected chi connectivity index (χ3v) is 7.59. The van der Waals surface area contributed by atoms with Crippen LogP contribution >= 0.6 is 0 Å². The van der Waals surface area contributed by atoms with Gasteiger partial charge in [-0.05, 0) is 79.5 Å². The molecule has 1 heterocycles. The Morgan fingerprint density at radius 1 is 0.700 bits per heavy atom. The van der Waals surface area contributed by atoms with Crippen LogP contribution in [0.15, 0.2) is 24.3 Å². The number of nitrogens with one attached hydrogen (secondary N) is 1. The highest BCUT2D eigenvalue weighted by atomic mass is 16.6. The topological polar surface area (TPSA) is 128 Å². The van der Waals surface area contributed by atoms with E-state index in [0.717, 1.165) is 5.56 Å². The van der Waals surface area contributed by atoms with E-state index in [-0.39, 0.29) is 37.6 Å². The minimum Gasteiger partial charge on any atom is -0.491 e. The lowest BCUT2D eigenvalue weighted by molar-refractivity contribution is -0.157. The molecule has 0 radical (unpaired) electrons. The van der Waals surface area contributed by atoms with Crippen molar-refractivity contribution in [3.63, 3.8) is 0 Å². The zero-order valence-electron chi connectivity index (χ0n) is 31.9. The van der Waals surface area contributed by atoms with Crippen LogP contribution in [-0.4, -0.2) is 155 Å². The van der Waals surface area contributed by atoms with Crippen molar-refractivity contribution < 1.29 is 42.8 Å². The number of rotatable bonds is 17. The van der Waals surface area contributed by atoms with Crippen LogP contribution in [0.25, 0.3) is 0 Å². The fourth-order valence-electron chi connectivity index (χ4n) is 5.34. The first-order valence-corrected chi connectivity index (χ1v) is 18.1. The van der Waals surface area contributed by atoms with Gasteiger partial charge in [-0.15, -0.1) is 0 Å². The normalized spacial score (nSPS) is 16.9. The molecule has 1 atom stereocenters. The van der Waals surface area contributed by atoms with E-state index in [4.69, 9.17) is 28.4 Å². The molecule has 0 unspecified atom stereocenters. The van der Waals surface area contributed by atoms with Gasteiger partial charge in [-0.25, -0.2) is 0 Å². The molecule has 0 spiro atoms. The van der Waals surface area contributed by atoms with E-state index in [1.807, 2.05) is 72.7 Å². The smallest absolute Gasteiger partial charge is 0.323 e. The molecule has 0 aliphatic carbocycles. The molecule has 1 aliphatic rings. The third-order valence-electron chi connectivity index (χ3n) is 7.59. The fourth-order valence-corrected chi connectivity index (χ4v) is 5.34. The number of ether oxygens (including phenoxy) is 6. The summed E-state index contributed by atoms with van der Waals surface area (Å²) in [6.07, 6.45) is 0.416. The van der Waals surface area contributed by atoms with E-state index in [2.05, 4.69) is 20.0 Å². The molecule has 286 valence electrons. The van der Waals surface area contributed by atoms with Gasteiger partial charge in [-0.3, -0.25) is 29.1 Å². The zero-order chi connectivity index (χ0) is 37.0. The first-order chi connectivity index (χ1) is 23.7. The number of benzene rings is 1. The van der Waals surface area contributed by atoms with Crippen molar-refractivity contribution in [2.45, 2.75) is 79.1 Å². The zero-order valence-corrected chi connectivity index (χ0v) is 31.9. The Hall–Kier alpha value is -2.81. The van der Waals surface area contributed by atoms with Gasteiger partial charge in [0.2, 0.25) is 0 Å². The Kier molecular flexibility index (Phi) is 19.8. The van der Waals surface area contributed by atoms with E-state index < -0.39 is 17.2 Å². The molecule has 0 aromatic heterocycles. The maximum absolute atomic E-state index is 13.6. The molecule has 1 saturated heterocycles. The number of hydrogen-bond acceptors (Lipinski definition) is 13. The second-order valence-electron chi connectivity index (χ2n) is 14.3. The van der Waals surface area contributed by atoms with E-state index >= 15 is 0 Å². The largest absolute Gasteiger partial charge is 0.491 e. The van der Waals surface area contributed by atoms with Crippen molar-refractivity contribution in [2.24, 2.45) is 0 Å². The Morgan fingerprint density at radius 2 is 1.22 bits per heavy atom. The SMILES string of the molecule is CCOCCOCCOc1ccc(C[C@H](C(=O)OCC)N2CCN(CC(=O)OC(C)(C)C)CCNCCN(CC(=O)OC(C)(C)C)CC2)cc1. The molecule has 50 heavy (non-hydrogen) atoms. The first-order valence-electron chi connectivity index (χ1n) is 18.1. The molecule has 13 heteroatoms. The Labute approximate surface area is 300 Å². The van der Waals surface area contributed by atoms with E-state index in [0.29, 0.717) is 97.6 Å². The maximum Gasteiger partial charge on any atom is 0.323 e. The minimum atomic E-state index is -0.590. The van der Waals surface area contributed by atoms with Crippen LogP contribution in [0.4, 0.5) is 0 Å². The van der Waals surface area contributed by atoms with Crippen molar-refractivity contribution in [1.29, 1.82) is 0 Å². The molecule has 0 amide bonds. The van der Waals surface area contributed by atoms with Gasteiger partial charge in [-0.2, -0.15) is 0 Å². The lowest BCUT2D eigenvalue weighted by atomic mass is 10.0. The summed E-state index contributed by atoms with van der Waals surface area (Å²) < 4.78 is 33.5. The van der Waals surface area contributed by atoms with Gasteiger partial charge in [0.05, 0.1) is 39.5 Å². The van der Waals surface area contributed by atoms with E-state index in [9.17, 15) is 14.4 Å². The average molecular weight is 709 g/mol. The second-order valence-corrected chi connectivity index (χ2v) is 14.3. The van der Waals surface area contributed by atoms with Crippen molar-refractivity contribution in [2.75, 3.05) is 105 Å². The van der Waals surface area contributed by atoms with E-state index in [1.54, 1.807) is 6.92 Å². The van der Waals surface area contributed by atoms with Gasteiger partial charge in [0.1, 0.15) is 29.6 Å². The van der Waals surface area contributed by atoms with Gasteiger partial charge in [0, 0.05) is 59.0 Å². The molecular formula is C37H64N4O9. The molecule has 1 aromatic carbocycles. The summed E-state index contributed by atoms with van der Waals surface area (Å²) in [5.74, 6) is -0.185. The number of esters is 3. The predicted molar refractivity (Wildman–Crippen MR) is 192 cm³/mol. The molecule has 1 fully saturated rings. The van der Waals surface area contributed by atoms with Gasteiger partial charge >= 0.3 is 17.9 Å². The first kappa shape index (κ1) is 43.4. The van der Waals surface area contributed by atoms with Crippen molar-refractivity contribution in [3.8, 4) is 5.75 Å². The van der Waals surface area contributed by atoms with Crippen LogP contribution < -0.4 is 10.1 Å². The molecule has 2 rings (SSSR count). The summed E-state index contributed by atoms with van der Waals surface area (Å²) in [4.78, 5) is 45.5. The quantitative estimate of drug-likeness (QED) is 0.145. The van der Waals surface area contributed by atoms with Gasteiger partial charge in [0.25, 0.3) is 0 Å². The fraction of sp³-hybridized carbons (Fsp3) is 0.757. The summed E-state index contributed by atoms with van der Waals surface area (Å²) in [7, 11) is 0. The molecule has 0 bridgehead atoms. The van der Waals surface area contributed by atoms with Crippen LogP contribution in [0.1, 0.15) is 61.0 Å². The predicted octanol–water partition coefficient (Wildman–Crippen LogP) is 2.79. The van der Waals surface area contributed by atoms with E-state index in [1.165, 1.54) is 0 Å². The van der Waals surface area contributed by atoms with Crippen LogP contribution in [0.5, 0.6) is 5.75 Å². The monoisotopic (exact) mass is 708 g/mol. The highest BCUT2D eigenvalue weighted by Crippen LogP contribution is 2.17. The number of hydrogen-bond donors (Lipinski definition) is 1. The number of nitrogens with zero attached hydrogens (tertiary/aromatic N) is 3. The molecule has 1 aliphatic heterocycles. The highest BCUT2D eigenvalue weighted by Gasteiger charge is 2.30. The second kappa shape index (κ2) is 22.9. The molecule has 0 saturated carbocycles. The lowest BCUT2D eigenvalue weighted by Crippen LogP contribution is -2.52. The third kappa shape index (κ3) is 19.5. The van der Waals surface area contributed by atoms with Crippen LogP contribution in [0, 0.1) is 0 Å².